The van der Waals surface area contributed by atoms with E-state index in [-0.39, 0.29) is 18.1 Å². The lowest BCUT2D eigenvalue weighted by Gasteiger charge is -2.20. The first kappa shape index (κ1) is 17.9. The van der Waals surface area contributed by atoms with E-state index in [1.165, 1.54) is 6.92 Å². The first-order chi connectivity index (χ1) is 11.3. The van der Waals surface area contributed by atoms with Gasteiger partial charge in [0.25, 0.3) is 5.56 Å². The average molecular weight is 340 g/mol. The number of H-pyrrole nitrogens is 1. The van der Waals surface area contributed by atoms with Gasteiger partial charge in [0.05, 0.1) is 12.7 Å². The van der Waals surface area contributed by atoms with E-state index in [1.807, 2.05) is 0 Å². The molecule has 1 aliphatic rings. The molecular weight excluding hydrogens is 320 g/mol. The van der Waals surface area contributed by atoms with Crippen LogP contribution in [-0.2, 0) is 19.0 Å². The molecular formula is C15H20N2O7. The lowest BCUT2D eigenvalue weighted by atomic mass is 10.0. The topological polar surface area (TPSA) is 117 Å². The zero-order valence-corrected chi connectivity index (χ0v) is 13.9. The van der Waals surface area contributed by atoms with Crippen molar-refractivity contribution in [1.82, 2.24) is 9.55 Å². The molecule has 4 atom stereocenters. The Labute approximate surface area is 137 Å². The molecule has 0 amide bonds. The van der Waals surface area contributed by atoms with Crippen molar-refractivity contribution in [2.75, 3.05) is 6.61 Å². The van der Waals surface area contributed by atoms with E-state index >= 15 is 0 Å². The van der Waals surface area contributed by atoms with Crippen molar-refractivity contribution in [1.29, 1.82) is 0 Å². The van der Waals surface area contributed by atoms with Gasteiger partial charge in [-0.05, 0) is 13.8 Å². The highest BCUT2D eigenvalue weighted by Crippen LogP contribution is 2.35. The number of ether oxygens (including phenoxy) is 3. The predicted molar refractivity (Wildman–Crippen MR) is 81.6 cm³/mol. The van der Waals surface area contributed by atoms with Crippen molar-refractivity contribution in [3.8, 4) is 0 Å². The normalized spacial score (nSPS) is 26.2. The minimum absolute atomic E-state index is 0.0965. The summed E-state index contributed by atoms with van der Waals surface area (Å²) in [4.78, 5) is 49.0. The van der Waals surface area contributed by atoms with E-state index in [1.54, 1.807) is 20.8 Å². The molecule has 1 aromatic rings. The molecule has 2 rings (SSSR count). The second kappa shape index (κ2) is 7.00. The molecule has 1 aliphatic heterocycles. The van der Waals surface area contributed by atoms with Gasteiger partial charge in [0.15, 0.2) is 0 Å². The molecule has 0 bridgehead atoms. The fraction of sp³-hybridized carbons (Fsp3) is 0.600. The van der Waals surface area contributed by atoms with Gasteiger partial charge in [0, 0.05) is 19.0 Å². The van der Waals surface area contributed by atoms with Crippen LogP contribution in [-0.4, -0.2) is 40.3 Å². The molecule has 1 unspecified atom stereocenters. The zero-order chi connectivity index (χ0) is 18.0. The average Bonchev–Trinajstić information content (AvgIpc) is 2.75. The monoisotopic (exact) mass is 340 g/mol. The largest absolute Gasteiger partial charge is 0.462 e. The number of aromatic nitrogens is 2. The van der Waals surface area contributed by atoms with Gasteiger partial charge in [-0.1, -0.05) is 6.92 Å². The minimum Gasteiger partial charge on any atom is -0.462 e. The van der Waals surface area contributed by atoms with Gasteiger partial charge in [-0.15, -0.1) is 0 Å². The van der Waals surface area contributed by atoms with Crippen LogP contribution in [0, 0.1) is 5.92 Å². The van der Waals surface area contributed by atoms with Crippen LogP contribution >= 0.6 is 0 Å². The molecule has 0 aromatic carbocycles. The summed E-state index contributed by atoms with van der Waals surface area (Å²) in [6.45, 7) is 6.46. The highest BCUT2D eigenvalue weighted by molar-refractivity contribution is 5.88. The van der Waals surface area contributed by atoms with E-state index in [9.17, 15) is 19.2 Å². The number of nitrogens with zero attached hydrogens (tertiary/aromatic N) is 1. The summed E-state index contributed by atoms with van der Waals surface area (Å²) in [5.41, 5.74) is -1.85. The summed E-state index contributed by atoms with van der Waals surface area (Å²) in [5, 5.41) is 0. The van der Waals surface area contributed by atoms with Gasteiger partial charge < -0.3 is 14.2 Å². The molecule has 0 saturated carbocycles. The van der Waals surface area contributed by atoms with Gasteiger partial charge >= 0.3 is 17.6 Å². The fourth-order valence-electron chi connectivity index (χ4n) is 2.75. The number of nitrogens with one attached hydrogen (secondary N) is 1. The number of carbonyl (C=O) groups is 2. The Morgan fingerprint density at radius 2 is 2.00 bits per heavy atom. The maximum absolute atomic E-state index is 12.1. The number of esters is 2. The van der Waals surface area contributed by atoms with Crippen LogP contribution in [0.5, 0.6) is 0 Å². The third-order valence-corrected chi connectivity index (χ3v) is 3.82. The lowest BCUT2D eigenvalue weighted by Crippen LogP contribution is -2.37. The predicted octanol–water partition coefficient (Wildman–Crippen LogP) is 0.198. The van der Waals surface area contributed by atoms with Crippen molar-refractivity contribution in [2.45, 2.75) is 46.1 Å². The van der Waals surface area contributed by atoms with Crippen LogP contribution in [0.1, 0.15) is 44.3 Å². The number of carbonyl (C=O) groups excluding carboxylic acids is 2. The summed E-state index contributed by atoms with van der Waals surface area (Å²) in [6.07, 6.45) is -0.665. The van der Waals surface area contributed by atoms with Crippen LogP contribution < -0.4 is 11.2 Å². The van der Waals surface area contributed by atoms with Gasteiger partial charge in [0.2, 0.25) is 0 Å². The molecule has 0 aliphatic carbocycles. The zero-order valence-electron chi connectivity index (χ0n) is 13.9. The van der Waals surface area contributed by atoms with Crippen LogP contribution in [0.2, 0.25) is 0 Å². The second-order valence-electron chi connectivity index (χ2n) is 5.59. The van der Waals surface area contributed by atoms with Crippen LogP contribution in [0.3, 0.4) is 0 Å². The number of rotatable bonds is 4. The van der Waals surface area contributed by atoms with E-state index in [0.29, 0.717) is 0 Å². The van der Waals surface area contributed by atoms with Gasteiger partial charge in [0.1, 0.15) is 17.9 Å². The quantitative estimate of drug-likeness (QED) is 0.778. The Bertz CT molecular complexity index is 751. The maximum Gasteiger partial charge on any atom is 0.345 e. The van der Waals surface area contributed by atoms with Crippen molar-refractivity contribution < 1.29 is 23.8 Å². The number of hydrogen-bond acceptors (Lipinski definition) is 7. The molecule has 24 heavy (non-hydrogen) atoms. The Hall–Kier alpha value is -2.42. The molecule has 0 spiro atoms. The highest BCUT2D eigenvalue weighted by atomic mass is 16.6. The third-order valence-electron chi connectivity index (χ3n) is 3.82. The summed E-state index contributed by atoms with van der Waals surface area (Å²) in [6, 6.07) is 0. The van der Waals surface area contributed by atoms with E-state index in [4.69, 9.17) is 14.2 Å². The first-order valence-electron chi connectivity index (χ1n) is 7.61. The third kappa shape index (κ3) is 3.40. The Morgan fingerprint density at radius 1 is 1.33 bits per heavy atom. The maximum atomic E-state index is 12.1. The summed E-state index contributed by atoms with van der Waals surface area (Å²) >= 11 is 0. The number of aromatic amines is 1. The Morgan fingerprint density at radius 3 is 2.58 bits per heavy atom. The van der Waals surface area contributed by atoms with Gasteiger partial charge in [-0.25, -0.2) is 9.59 Å². The molecule has 132 valence electrons. The van der Waals surface area contributed by atoms with Gasteiger partial charge in [-0.2, -0.15) is 0 Å². The molecule has 1 saturated heterocycles. The van der Waals surface area contributed by atoms with E-state index in [0.717, 1.165) is 10.8 Å². The molecule has 0 radical (unpaired) electrons. The Balaban J connectivity index is 2.40. The smallest absolute Gasteiger partial charge is 0.345 e. The standard InChI is InChI=1S/C15H20N2O7/c1-5-22-14(20)10-6-17(15(21)16-12(10)19)13-7(2)11(8(3)23-13)24-9(4)18/h6-8,11,13H,5H2,1-4H3,(H,16,19,21)/t7?,8-,11-,13-/m1/s1. The molecule has 9 heteroatoms. The van der Waals surface area contributed by atoms with Crippen molar-refractivity contribution in [3.63, 3.8) is 0 Å². The van der Waals surface area contributed by atoms with Crippen molar-refractivity contribution in [2.24, 2.45) is 5.92 Å². The fourth-order valence-corrected chi connectivity index (χ4v) is 2.75. The lowest BCUT2D eigenvalue weighted by molar-refractivity contribution is -0.150. The molecule has 2 heterocycles. The molecule has 1 fully saturated rings. The molecule has 9 nitrogen and oxygen atoms in total. The van der Waals surface area contributed by atoms with Crippen LogP contribution in [0.25, 0.3) is 0 Å². The highest BCUT2D eigenvalue weighted by Gasteiger charge is 2.43. The van der Waals surface area contributed by atoms with Gasteiger partial charge in [-0.3, -0.25) is 19.1 Å². The van der Waals surface area contributed by atoms with Crippen molar-refractivity contribution in [3.05, 3.63) is 32.6 Å². The Kier molecular flexibility index (Phi) is 5.23. The van der Waals surface area contributed by atoms with E-state index < -0.39 is 41.6 Å². The molecule has 1 aromatic heterocycles. The van der Waals surface area contributed by atoms with Crippen LogP contribution in [0.4, 0.5) is 0 Å². The SMILES string of the molecule is CCOC(=O)c1cn([C@@H]2O[C@H](C)[C@H](OC(C)=O)C2C)c(=O)[nH]c1=O. The van der Waals surface area contributed by atoms with Crippen molar-refractivity contribution >= 4 is 11.9 Å². The minimum atomic E-state index is -0.831. The summed E-state index contributed by atoms with van der Waals surface area (Å²) in [5.74, 6) is -1.64. The number of hydrogen-bond donors (Lipinski definition) is 1. The van der Waals surface area contributed by atoms with Crippen LogP contribution in [0.15, 0.2) is 15.8 Å². The van der Waals surface area contributed by atoms with E-state index in [2.05, 4.69) is 4.98 Å². The first-order valence-corrected chi connectivity index (χ1v) is 7.61. The summed E-state index contributed by atoms with van der Waals surface area (Å²) < 4.78 is 16.8. The second-order valence-corrected chi connectivity index (χ2v) is 5.59. The molecule has 1 N–H and O–H groups in total. The summed E-state index contributed by atoms with van der Waals surface area (Å²) in [7, 11) is 0.